The van der Waals surface area contributed by atoms with Crippen molar-refractivity contribution in [2.75, 3.05) is 13.2 Å². The molecule has 6 nitrogen and oxygen atoms in total. The van der Waals surface area contributed by atoms with Gasteiger partial charge >= 0.3 is 5.97 Å². The van der Waals surface area contributed by atoms with E-state index in [0.29, 0.717) is 36.7 Å². The quantitative estimate of drug-likeness (QED) is 0.871. The summed E-state index contributed by atoms with van der Waals surface area (Å²) in [4.78, 5) is 22.9. The summed E-state index contributed by atoms with van der Waals surface area (Å²) >= 11 is 0. The highest BCUT2D eigenvalue weighted by Gasteiger charge is 2.20. The molecule has 0 saturated heterocycles. The first-order valence-corrected chi connectivity index (χ1v) is 6.55. The summed E-state index contributed by atoms with van der Waals surface area (Å²) in [6.07, 6.45) is 1.11. The first-order valence-electron chi connectivity index (χ1n) is 6.55. The van der Waals surface area contributed by atoms with E-state index in [2.05, 4.69) is 5.32 Å². The van der Waals surface area contributed by atoms with Gasteiger partial charge in [0.25, 0.3) is 5.91 Å². The van der Waals surface area contributed by atoms with Crippen LogP contribution in [-0.2, 0) is 4.79 Å². The van der Waals surface area contributed by atoms with Gasteiger partial charge in [-0.25, -0.2) is 4.79 Å². The number of benzene rings is 1. The topological polar surface area (TPSA) is 84.9 Å². The number of nitrogens with one attached hydrogen (secondary N) is 1. The Hall–Kier alpha value is -2.24. The largest absolute Gasteiger partial charge is 0.490 e. The molecule has 108 valence electrons. The SMILES string of the molecule is CC[C@@H](NC(=O)c1ccc2c(c1)OCCCO2)C(=O)O. The van der Waals surface area contributed by atoms with Crippen LogP contribution in [0, 0.1) is 0 Å². The molecule has 1 atom stereocenters. The van der Waals surface area contributed by atoms with Crippen LogP contribution >= 0.6 is 0 Å². The smallest absolute Gasteiger partial charge is 0.326 e. The number of hydrogen-bond donors (Lipinski definition) is 2. The Morgan fingerprint density at radius 2 is 2.00 bits per heavy atom. The Labute approximate surface area is 116 Å². The van der Waals surface area contributed by atoms with E-state index in [9.17, 15) is 9.59 Å². The number of rotatable bonds is 4. The fourth-order valence-electron chi connectivity index (χ4n) is 1.88. The predicted molar refractivity (Wildman–Crippen MR) is 71.2 cm³/mol. The second kappa shape index (κ2) is 6.27. The molecule has 0 unspecified atom stereocenters. The summed E-state index contributed by atoms with van der Waals surface area (Å²) in [6.45, 7) is 2.81. The van der Waals surface area contributed by atoms with E-state index in [1.54, 1.807) is 25.1 Å². The molecule has 6 heteroatoms. The lowest BCUT2D eigenvalue weighted by Crippen LogP contribution is -2.40. The molecule has 0 radical (unpaired) electrons. The van der Waals surface area contributed by atoms with Crippen LogP contribution < -0.4 is 14.8 Å². The number of ether oxygens (including phenoxy) is 2. The molecule has 2 N–H and O–H groups in total. The van der Waals surface area contributed by atoms with Crippen LogP contribution in [0.1, 0.15) is 30.1 Å². The number of amides is 1. The average Bonchev–Trinajstić information content (AvgIpc) is 2.68. The van der Waals surface area contributed by atoms with Crippen molar-refractivity contribution < 1.29 is 24.2 Å². The lowest BCUT2D eigenvalue weighted by atomic mass is 10.1. The molecule has 1 aromatic carbocycles. The van der Waals surface area contributed by atoms with E-state index in [0.717, 1.165) is 6.42 Å². The van der Waals surface area contributed by atoms with Gasteiger partial charge in [-0.2, -0.15) is 0 Å². The molecule has 0 bridgehead atoms. The van der Waals surface area contributed by atoms with Crippen molar-refractivity contribution in [3.8, 4) is 11.5 Å². The van der Waals surface area contributed by atoms with Crippen LogP contribution in [0.4, 0.5) is 0 Å². The second-order valence-electron chi connectivity index (χ2n) is 4.48. The third-order valence-electron chi connectivity index (χ3n) is 3.02. The van der Waals surface area contributed by atoms with Crippen molar-refractivity contribution in [3.63, 3.8) is 0 Å². The van der Waals surface area contributed by atoms with Gasteiger partial charge in [0.2, 0.25) is 0 Å². The van der Waals surface area contributed by atoms with E-state index in [1.807, 2.05) is 0 Å². The minimum atomic E-state index is -1.05. The summed E-state index contributed by atoms with van der Waals surface area (Å²) in [7, 11) is 0. The summed E-state index contributed by atoms with van der Waals surface area (Å²) in [5.74, 6) is -0.368. The van der Waals surface area contributed by atoms with Crippen molar-refractivity contribution in [2.45, 2.75) is 25.8 Å². The van der Waals surface area contributed by atoms with Crippen molar-refractivity contribution in [3.05, 3.63) is 23.8 Å². The van der Waals surface area contributed by atoms with E-state index in [-0.39, 0.29) is 0 Å². The molecule has 0 fully saturated rings. The fraction of sp³-hybridized carbons (Fsp3) is 0.429. The number of carbonyl (C=O) groups is 2. The lowest BCUT2D eigenvalue weighted by molar-refractivity contribution is -0.139. The Kier molecular flexibility index (Phi) is 4.45. The van der Waals surface area contributed by atoms with Gasteiger partial charge in [-0.3, -0.25) is 4.79 Å². The van der Waals surface area contributed by atoms with E-state index < -0.39 is 17.9 Å². The highest BCUT2D eigenvalue weighted by atomic mass is 16.5. The first-order chi connectivity index (χ1) is 9.61. The molecule has 1 aliphatic rings. The van der Waals surface area contributed by atoms with Crippen molar-refractivity contribution in [1.29, 1.82) is 0 Å². The lowest BCUT2D eigenvalue weighted by Gasteiger charge is -2.13. The Balaban J connectivity index is 2.14. The minimum Gasteiger partial charge on any atom is -0.490 e. The van der Waals surface area contributed by atoms with Gasteiger partial charge < -0.3 is 19.9 Å². The Morgan fingerprint density at radius 1 is 1.30 bits per heavy atom. The zero-order chi connectivity index (χ0) is 14.5. The molecular weight excluding hydrogens is 262 g/mol. The Morgan fingerprint density at radius 3 is 2.65 bits per heavy atom. The zero-order valence-electron chi connectivity index (χ0n) is 11.2. The van der Waals surface area contributed by atoms with Gasteiger partial charge in [-0.05, 0) is 24.6 Å². The summed E-state index contributed by atoms with van der Waals surface area (Å²) in [5.41, 5.74) is 0.356. The van der Waals surface area contributed by atoms with Crippen molar-refractivity contribution in [2.24, 2.45) is 0 Å². The van der Waals surface area contributed by atoms with E-state index >= 15 is 0 Å². The summed E-state index contributed by atoms with van der Waals surface area (Å²) < 4.78 is 11.0. The number of fused-ring (bicyclic) bond motifs is 1. The van der Waals surface area contributed by atoms with Gasteiger partial charge in [0.15, 0.2) is 11.5 Å². The second-order valence-corrected chi connectivity index (χ2v) is 4.48. The maximum atomic E-state index is 12.0. The monoisotopic (exact) mass is 279 g/mol. The van der Waals surface area contributed by atoms with Crippen LogP contribution in [-0.4, -0.2) is 36.2 Å². The molecule has 0 aliphatic carbocycles. The van der Waals surface area contributed by atoms with Gasteiger partial charge in [0, 0.05) is 12.0 Å². The number of aliphatic carboxylic acids is 1. The summed E-state index contributed by atoms with van der Waals surface area (Å²) in [5, 5.41) is 11.4. The van der Waals surface area contributed by atoms with Gasteiger partial charge in [-0.15, -0.1) is 0 Å². The van der Waals surface area contributed by atoms with Crippen LogP contribution in [0.25, 0.3) is 0 Å². The molecule has 0 aromatic heterocycles. The maximum absolute atomic E-state index is 12.0. The maximum Gasteiger partial charge on any atom is 0.326 e. The standard InChI is InChI=1S/C14H17NO5/c1-2-10(14(17)18)15-13(16)9-4-5-11-12(8-9)20-7-3-6-19-11/h4-5,8,10H,2-3,6-7H2,1H3,(H,15,16)(H,17,18)/t10-/m1/s1. The van der Waals surface area contributed by atoms with Crippen LogP contribution in [0.5, 0.6) is 11.5 Å². The highest BCUT2D eigenvalue weighted by Crippen LogP contribution is 2.30. The van der Waals surface area contributed by atoms with Gasteiger partial charge in [0.1, 0.15) is 6.04 Å². The molecule has 2 rings (SSSR count). The Bertz CT molecular complexity index is 514. The van der Waals surface area contributed by atoms with Gasteiger partial charge in [0.05, 0.1) is 13.2 Å². The third-order valence-corrected chi connectivity index (χ3v) is 3.02. The van der Waals surface area contributed by atoms with Crippen molar-refractivity contribution >= 4 is 11.9 Å². The van der Waals surface area contributed by atoms with E-state index in [1.165, 1.54) is 0 Å². The molecule has 1 aliphatic heterocycles. The van der Waals surface area contributed by atoms with Gasteiger partial charge in [-0.1, -0.05) is 6.92 Å². The van der Waals surface area contributed by atoms with Crippen molar-refractivity contribution in [1.82, 2.24) is 5.32 Å². The summed E-state index contributed by atoms with van der Waals surface area (Å²) in [6, 6.07) is 3.94. The fourth-order valence-corrected chi connectivity index (χ4v) is 1.88. The number of carbonyl (C=O) groups excluding carboxylic acids is 1. The minimum absolute atomic E-state index is 0.325. The first kappa shape index (κ1) is 14.2. The molecule has 0 saturated carbocycles. The number of carboxylic acid groups (broad SMARTS) is 1. The number of carboxylic acids is 1. The third kappa shape index (κ3) is 3.20. The average molecular weight is 279 g/mol. The van der Waals surface area contributed by atoms with E-state index in [4.69, 9.17) is 14.6 Å². The molecule has 20 heavy (non-hydrogen) atoms. The molecule has 1 aromatic rings. The molecule has 1 heterocycles. The molecule has 0 spiro atoms. The molecule has 1 amide bonds. The van der Waals surface area contributed by atoms with Crippen LogP contribution in [0.15, 0.2) is 18.2 Å². The predicted octanol–water partition coefficient (Wildman–Crippen LogP) is 1.44. The molecular formula is C14H17NO5. The van der Waals surface area contributed by atoms with Crippen LogP contribution in [0.2, 0.25) is 0 Å². The number of hydrogen-bond acceptors (Lipinski definition) is 4. The van der Waals surface area contributed by atoms with Crippen LogP contribution in [0.3, 0.4) is 0 Å². The highest BCUT2D eigenvalue weighted by molar-refractivity contribution is 5.97. The zero-order valence-corrected chi connectivity index (χ0v) is 11.2. The normalized spacial score (nSPS) is 15.1.